The van der Waals surface area contributed by atoms with Crippen molar-refractivity contribution >= 4 is 17.3 Å². The van der Waals surface area contributed by atoms with E-state index in [-0.39, 0.29) is 5.92 Å². The quantitative estimate of drug-likeness (QED) is 0.914. The molecule has 1 unspecified atom stereocenters. The molecular formula is C14H14N2O2S. The molecule has 4 nitrogen and oxygen atoms in total. The first-order chi connectivity index (χ1) is 9.15. The summed E-state index contributed by atoms with van der Waals surface area (Å²) >= 11 is 1.62. The van der Waals surface area contributed by atoms with E-state index in [4.69, 9.17) is 5.11 Å². The van der Waals surface area contributed by atoms with Crippen molar-refractivity contribution in [2.45, 2.75) is 26.2 Å². The van der Waals surface area contributed by atoms with Crippen LogP contribution in [0.5, 0.6) is 0 Å². The van der Waals surface area contributed by atoms with E-state index in [2.05, 4.69) is 9.97 Å². The Morgan fingerprint density at radius 3 is 3.00 bits per heavy atom. The fourth-order valence-corrected chi connectivity index (χ4v) is 3.17. The number of hydrogen-bond donors (Lipinski definition) is 1. The summed E-state index contributed by atoms with van der Waals surface area (Å²) in [6.45, 7) is 1.95. The first-order valence-electron chi connectivity index (χ1n) is 6.28. The number of fused-ring (bicyclic) bond motifs is 1. The zero-order chi connectivity index (χ0) is 13.4. The molecule has 3 rings (SSSR count). The summed E-state index contributed by atoms with van der Waals surface area (Å²) < 4.78 is 0. The molecule has 98 valence electrons. The van der Waals surface area contributed by atoms with Gasteiger partial charge in [-0.05, 0) is 43.2 Å². The molecule has 0 saturated heterocycles. The van der Waals surface area contributed by atoms with Gasteiger partial charge in [0, 0.05) is 11.4 Å². The van der Waals surface area contributed by atoms with Crippen molar-refractivity contribution in [1.82, 2.24) is 9.97 Å². The molecule has 2 aromatic rings. The molecule has 0 fully saturated rings. The van der Waals surface area contributed by atoms with Crippen molar-refractivity contribution in [2.24, 2.45) is 5.92 Å². The molecule has 0 amide bonds. The van der Waals surface area contributed by atoms with E-state index >= 15 is 0 Å². The minimum Gasteiger partial charge on any atom is -0.481 e. The Bertz CT molecular complexity index is 623. The molecule has 0 radical (unpaired) electrons. The monoisotopic (exact) mass is 274 g/mol. The van der Waals surface area contributed by atoms with Gasteiger partial charge in [-0.2, -0.15) is 0 Å². The van der Waals surface area contributed by atoms with E-state index in [1.807, 2.05) is 24.4 Å². The van der Waals surface area contributed by atoms with Gasteiger partial charge in [0.2, 0.25) is 0 Å². The third-order valence-corrected chi connectivity index (χ3v) is 4.44. The Hall–Kier alpha value is -1.75. The second kappa shape index (κ2) is 4.74. The predicted molar refractivity (Wildman–Crippen MR) is 73.2 cm³/mol. The van der Waals surface area contributed by atoms with Gasteiger partial charge in [0.1, 0.15) is 0 Å². The lowest BCUT2D eigenvalue weighted by Crippen LogP contribution is -2.24. The van der Waals surface area contributed by atoms with E-state index in [0.29, 0.717) is 12.8 Å². The van der Waals surface area contributed by atoms with Crippen molar-refractivity contribution in [3.8, 4) is 10.7 Å². The minimum absolute atomic E-state index is 0.289. The van der Waals surface area contributed by atoms with Crippen molar-refractivity contribution in [3.05, 3.63) is 34.5 Å². The molecule has 1 atom stereocenters. The second-order valence-corrected chi connectivity index (χ2v) is 5.76. The number of carboxylic acid groups (broad SMARTS) is 1. The summed E-state index contributed by atoms with van der Waals surface area (Å²) in [7, 11) is 0. The van der Waals surface area contributed by atoms with Crippen molar-refractivity contribution in [2.75, 3.05) is 0 Å². The average Bonchev–Trinajstić information content (AvgIpc) is 2.92. The van der Waals surface area contributed by atoms with Gasteiger partial charge in [0.25, 0.3) is 0 Å². The Labute approximate surface area is 115 Å². The lowest BCUT2D eigenvalue weighted by Gasteiger charge is -2.22. The fourth-order valence-electron chi connectivity index (χ4n) is 2.51. The van der Waals surface area contributed by atoms with Crippen LogP contribution < -0.4 is 0 Å². The number of rotatable bonds is 2. The van der Waals surface area contributed by atoms with Crippen LogP contribution in [0.4, 0.5) is 0 Å². The van der Waals surface area contributed by atoms with Crippen LogP contribution in [0.2, 0.25) is 0 Å². The van der Waals surface area contributed by atoms with Gasteiger partial charge >= 0.3 is 5.97 Å². The van der Waals surface area contributed by atoms with Crippen molar-refractivity contribution in [3.63, 3.8) is 0 Å². The summed E-state index contributed by atoms with van der Waals surface area (Å²) in [6, 6.07) is 3.99. The van der Waals surface area contributed by atoms with Crippen LogP contribution in [0.15, 0.2) is 17.5 Å². The zero-order valence-electron chi connectivity index (χ0n) is 10.6. The molecule has 0 aromatic carbocycles. The number of carbonyl (C=O) groups is 1. The van der Waals surface area contributed by atoms with Crippen molar-refractivity contribution < 1.29 is 9.90 Å². The highest BCUT2D eigenvalue weighted by molar-refractivity contribution is 7.13. The number of hydrogen-bond acceptors (Lipinski definition) is 4. The van der Waals surface area contributed by atoms with Crippen LogP contribution in [0.1, 0.15) is 23.4 Å². The molecule has 19 heavy (non-hydrogen) atoms. The average molecular weight is 274 g/mol. The van der Waals surface area contributed by atoms with E-state index in [9.17, 15) is 4.79 Å². The summed E-state index contributed by atoms with van der Waals surface area (Å²) in [5.41, 5.74) is 2.96. The standard InChI is InChI=1S/C14H14N2O2S/c1-8-10-7-9(14(17)18)4-5-11(10)16-13(15-8)12-3-2-6-19-12/h2-3,6,9H,4-5,7H2,1H3,(H,17,18). The van der Waals surface area contributed by atoms with Crippen LogP contribution >= 0.6 is 11.3 Å². The van der Waals surface area contributed by atoms with Crippen LogP contribution in [0.25, 0.3) is 10.7 Å². The predicted octanol–water partition coefficient (Wildman–Crippen LogP) is 2.70. The fraction of sp³-hybridized carbons (Fsp3) is 0.357. The van der Waals surface area contributed by atoms with Gasteiger partial charge in [-0.3, -0.25) is 4.79 Å². The maximum absolute atomic E-state index is 11.1. The second-order valence-electron chi connectivity index (χ2n) is 4.81. The van der Waals surface area contributed by atoms with Crippen molar-refractivity contribution in [1.29, 1.82) is 0 Å². The Morgan fingerprint density at radius 1 is 1.47 bits per heavy atom. The molecule has 0 aliphatic heterocycles. The third-order valence-electron chi connectivity index (χ3n) is 3.57. The molecule has 5 heteroatoms. The topological polar surface area (TPSA) is 63.1 Å². The van der Waals surface area contributed by atoms with Gasteiger partial charge in [-0.25, -0.2) is 9.97 Å². The van der Waals surface area contributed by atoms with Crippen LogP contribution in [-0.2, 0) is 17.6 Å². The van der Waals surface area contributed by atoms with Gasteiger partial charge in [0.15, 0.2) is 5.82 Å². The SMILES string of the molecule is Cc1nc(-c2cccs2)nc2c1CC(C(=O)O)CC2. The number of aryl methyl sites for hydroxylation is 2. The minimum atomic E-state index is -0.715. The smallest absolute Gasteiger partial charge is 0.306 e. The number of aliphatic carboxylic acids is 1. The van der Waals surface area contributed by atoms with E-state index < -0.39 is 5.97 Å². The van der Waals surface area contributed by atoms with Gasteiger partial charge in [-0.15, -0.1) is 11.3 Å². The first kappa shape index (κ1) is 12.3. The third kappa shape index (κ3) is 2.26. The first-order valence-corrected chi connectivity index (χ1v) is 7.16. The van der Waals surface area contributed by atoms with Crippen LogP contribution in [0.3, 0.4) is 0 Å². The highest BCUT2D eigenvalue weighted by Gasteiger charge is 2.27. The van der Waals surface area contributed by atoms with E-state index in [0.717, 1.165) is 34.1 Å². The van der Waals surface area contributed by atoms with E-state index in [1.54, 1.807) is 11.3 Å². The molecular weight excluding hydrogens is 260 g/mol. The molecule has 1 N–H and O–H groups in total. The van der Waals surface area contributed by atoms with Gasteiger partial charge in [-0.1, -0.05) is 6.07 Å². The number of thiophene rings is 1. The normalized spacial score (nSPS) is 18.1. The van der Waals surface area contributed by atoms with Crippen LogP contribution in [-0.4, -0.2) is 21.0 Å². The Kier molecular flexibility index (Phi) is 3.06. The molecule has 0 spiro atoms. The molecule has 0 saturated carbocycles. The van der Waals surface area contributed by atoms with Crippen LogP contribution in [0, 0.1) is 12.8 Å². The molecule has 2 aromatic heterocycles. The lowest BCUT2D eigenvalue weighted by atomic mass is 9.86. The molecule has 1 aliphatic rings. The lowest BCUT2D eigenvalue weighted by molar-refractivity contribution is -0.142. The van der Waals surface area contributed by atoms with E-state index in [1.165, 1.54) is 0 Å². The summed E-state index contributed by atoms with van der Waals surface area (Å²) in [4.78, 5) is 21.3. The maximum atomic E-state index is 11.1. The van der Waals surface area contributed by atoms with Gasteiger partial charge in [0.05, 0.1) is 10.8 Å². The maximum Gasteiger partial charge on any atom is 0.306 e. The molecule has 2 heterocycles. The highest BCUT2D eigenvalue weighted by atomic mass is 32.1. The highest BCUT2D eigenvalue weighted by Crippen LogP contribution is 2.29. The largest absolute Gasteiger partial charge is 0.481 e. The number of nitrogens with zero attached hydrogens (tertiary/aromatic N) is 2. The summed E-state index contributed by atoms with van der Waals surface area (Å²) in [5, 5.41) is 11.1. The molecule has 0 bridgehead atoms. The molecule has 1 aliphatic carbocycles. The Morgan fingerprint density at radius 2 is 2.32 bits per heavy atom. The number of aromatic nitrogens is 2. The number of carboxylic acids is 1. The summed E-state index contributed by atoms with van der Waals surface area (Å²) in [6.07, 6.45) is 1.96. The Balaban J connectivity index is 2.00. The summed E-state index contributed by atoms with van der Waals surface area (Å²) in [5.74, 6) is -0.241. The zero-order valence-corrected chi connectivity index (χ0v) is 11.4. The van der Waals surface area contributed by atoms with Gasteiger partial charge < -0.3 is 5.11 Å².